The minimum absolute atomic E-state index is 0.0666. The first-order chi connectivity index (χ1) is 16.4. The summed E-state index contributed by atoms with van der Waals surface area (Å²) < 4.78 is 29.6. The second kappa shape index (κ2) is 12.6. The maximum absolute atomic E-state index is 11.1. The lowest BCUT2D eigenvalue weighted by atomic mass is 9.94. The molecule has 0 bridgehead atoms. The van der Waals surface area contributed by atoms with E-state index in [0.29, 0.717) is 12.1 Å². The lowest BCUT2D eigenvalue weighted by molar-refractivity contribution is 0.1000. The van der Waals surface area contributed by atoms with Crippen LogP contribution in [0, 0.1) is 6.92 Å². The summed E-state index contributed by atoms with van der Waals surface area (Å²) in [5.74, 6) is -0.404. The number of β-amino-alcohol motifs (C(OH)–C–C–N with tert-alkyl or cyclic N) is 1. The lowest BCUT2D eigenvalue weighted by Gasteiger charge is -2.28. The van der Waals surface area contributed by atoms with Crippen LogP contribution in [0.15, 0.2) is 83.8 Å². The molecule has 188 valence electrons. The monoisotopic (exact) mass is 498 g/mol. The van der Waals surface area contributed by atoms with Gasteiger partial charge >= 0.3 is 0 Å². The number of aliphatic hydroxyl groups is 1. The Labute approximate surface area is 207 Å². The Hall–Kier alpha value is -3.04. The summed E-state index contributed by atoms with van der Waals surface area (Å²) >= 11 is 0. The number of primary amides is 1. The van der Waals surface area contributed by atoms with Crippen molar-refractivity contribution in [3.63, 3.8) is 0 Å². The molecule has 3 aromatic carbocycles. The number of aliphatic hydroxyl groups excluding tert-OH is 1. The van der Waals surface area contributed by atoms with Crippen molar-refractivity contribution in [2.45, 2.75) is 50.2 Å². The highest BCUT2D eigenvalue weighted by Gasteiger charge is 2.19. The summed E-state index contributed by atoms with van der Waals surface area (Å²) in [7, 11) is -4.02. The van der Waals surface area contributed by atoms with Gasteiger partial charge in [0.1, 0.15) is 0 Å². The summed E-state index contributed by atoms with van der Waals surface area (Å²) in [6.07, 6.45) is 1.30. The molecule has 1 atom stereocenters. The van der Waals surface area contributed by atoms with E-state index in [4.69, 9.17) is 10.3 Å². The van der Waals surface area contributed by atoms with Crippen LogP contribution in [0.1, 0.15) is 53.4 Å². The van der Waals surface area contributed by atoms with Crippen LogP contribution in [0.2, 0.25) is 0 Å². The number of benzene rings is 3. The third kappa shape index (κ3) is 10.00. The van der Waals surface area contributed by atoms with Crippen LogP contribution < -0.4 is 11.1 Å². The predicted octanol–water partition coefficient (Wildman–Crippen LogP) is 4.06. The Bertz CT molecular complexity index is 1180. The number of nitrogens with two attached hydrogens (primary N) is 1. The highest BCUT2D eigenvalue weighted by Crippen LogP contribution is 2.17. The maximum Gasteiger partial charge on any atom is 0.294 e. The molecule has 0 aliphatic rings. The molecule has 3 rings (SSSR count). The van der Waals surface area contributed by atoms with Crippen molar-refractivity contribution >= 4 is 16.0 Å². The molecule has 5 N–H and O–H groups in total. The maximum atomic E-state index is 11.1. The van der Waals surface area contributed by atoms with Crippen LogP contribution >= 0.6 is 0 Å². The van der Waals surface area contributed by atoms with E-state index in [1.165, 1.54) is 17.7 Å². The van der Waals surface area contributed by atoms with Crippen LogP contribution in [0.5, 0.6) is 0 Å². The smallest absolute Gasteiger partial charge is 0.294 e. The Morgan fingerprint density at radius 3 is 2.06 bits per heavy atom. The Morgan fingerprint density at radius 2 is 1.54 bits per heavy atom. The van der Waals surface area contributed by atoms with Gasteiger partial charge in [-0.1, -0.05) is 60.2 Å². The molecule has 0 aliphatic heterocycles. The Morgan fingerprint density at radius 1 is 0.971 bits per heavy atom. The molecule has 3 aromatic rings. The molecular weight excluding hydrogens is 464 g/mol. The molecule has 0 saturated heterocycles. The normalized spacial score (nSPS) is 12.4. The first-order valence-corrected chi connectivity index (χ1v) is 12.7. The molecule has 0 unspecified atom stereocenters. The molecule has 35 heavy (non-hydrogen) atoms. The van der Waals surface area contributed by atoms with Crippen LogP contribution in [-0.4, -0.2) is 36.1 Å². The number of carbonyl (C=O) groups excluding carboxylic acids is 1. The van der Waals surface area contributed by atoms with E-state index in [2.05, 4.69) is 19.2 Å². The zero-order valence-electron chi connectivity index (χ0n) is 20.3. The van der Waals surface area contributed by atoms with Crippen molar-refractivity contribution in [2.75, 3.05) is 6.54 Å². The molecule has 0 aliphatic carbocycles. The number of hydrogen-bond donors (Lipinski definition) is 4. The van der Waals surface area contributed by atoms with E-state index in [1.807, 2.05) is 49.4 Å². The molecule has 0 fully saturated rings. The van der Waals surface area contributed by atoms with Crippen molar-refractivity contribution in [3.05, 3.63) is 101 Å². The second-order valence-electron chi connectivity index (χ2n) is 9.04. The number of amides is 1. The summed E-state index contributed by atoms with van der Waals surface area (Å²) in [6.45, 7) is 6.61. The Balaban J connectivity index is 0.000000328. The minimum Gasteiger partial charge on any atom is -0.387 e. The summed E-state index contributed by atoms with van der Waals surface area (Å²) in [6, 6.07) is 23.1. The average Bonchev–Trinajstić information content (AvgIpc) is 2.82. The van der Waals surface area contributed by atoms with Crippen molar-refractivity contribution in [1.82, 2.24) is 5.32 Å². The van der Waals surface area contributed by atoms with Gasteiger partial charge in [0.25, 0.3) is 10.1 Å². The van der Waals surface area contributed by atoms with Gasteiger partial charge in [-0.2, -0.15) is 8.42 Å². The van der Waals surface area contributed by atoms with Gasteiger partial charge in [-0.15, -0.1) is 0 Å². The van der Waals surface area contributed by atoms with Gasteiger partial charge in [0, 0.05) is 17.6 Å². The molecule has 0 heterocycles. The molecular formula is C27H34N2O5S. The van der Waals surface area contributed by atoms with Crippen molar-refractivity contribution in [2.24, 2.45) is 5.73 Å². The lowest BCUT2D eigenvalue weighted by Crippen LogP contribution is -2.41. The largest absolute Gasteiger partial charge is 0.387 e. The fourth-order valence-electron chi connectivity index (χ4n) is 3.26. The van der Waals surface area contributed by atoms with Crippen molar-refractivity contribution < 1.29 is 22.9 Å². The number of nitrogens with one attached hydrogen (secondary N) is 1. The van der Waals surface area contributed by atoms with Crippen LogP contribution in [-0.2, 0) is 16.5 Å². The molecule has 8 heteroatoms. The molecule has 0 radical (unpaired) electrons. The highest BCUT2D eigenvalue weighted by atomic mass is 32.2. The minimum atomic E-state index is -4.02. The third-order valence-electron chi connectivity index (χ3n) is 5.55. The summed E-state index contributed by atoms with van der Waals surface area (Å²) in [5, 5.41) is 13.7. The van der Waals surface area contributed by atoms with Gasteiger partial charge in [-0.25, -0.2) is 0 Å². The average molecular weight is 499 g/mol. The quantitative estimate of drug-likeness (QED) is 0.329. The zero-order valence-corrected chi connectivity index (χ0v) is 21.1. The van der Waals surface area contributed by atoms with E-state index in [0.717, 1.165) is 24.0 Å². The van der Waals surface area contributed by atoms with E-state index < -0.39 is 22.1 Å². The molecule has 0 spiro atoms. The number of aryl methyl sites for hydroxylation is 2. The highest BCUT2D eigenvalue weighted by molar-refractivity contribution is 7.85. The van der Waals surface area contributed by atoms with Gasteiger partial charge in [-0.3, -0.25) is 9.35 Å². The first-order valence-electron chi connectivity index (χ1n) is 11.3. The standard InChI is InChI=1S/C20H26N2O2.C7H8O3S/c1-20(2,22-14-18(23)16-6-4-3-5-7-16)13-12-15-8-10-17(11-9-15)19(21)24;1-6-2-4-7(5-3-6)11(8,9)10/h3-11,18,22-23H,12-14H2,1-2H3,(H2,21,24);2-5H,1H3,(H,8,9,10)/t18-;/m0./s1. The van der Waals surface area contributed by atoms with Crippen LogP contribution in [0.25, 0.3) is 0 Å². The van der Waals surface area contributed by atoms with Gasteiger partial charge in [0.2, 0.25) is 5.91 Å². The third-order valence-corrected chi connectivity index (χ3v) is 6.42. The first kappa shape index (κ1) is 28.2. The van der Waals surface area contributed by atoms with Crippen molar-refractivity contribution in [3.8, 4) is 0 Å². The topological polar surface area (TPSA) is 130 Å². The van der Waals surface area contributed by atoms with E-state index >= 15 is 0 Å². The van der Waals surface area contributed by atoms with Crippen LogP contribution in [0.4, 0.5) is 0 Å². The molecule has 7 nitrogen and oxygen atoms in total. The fraction of sp³-hybridized carbons (Fsp3) is 0.296. The predicted molar refractivity (Wildman–Crippen MR) is 138 cm³/mol. The number of hydrogen-bond acceptors (Lipinski definition) is 5. The summed E-state index contributed by atoms with van der Waals surface area (Å²) in [5.41, 5.74) is 8.72. The summed E-state index contributed by atoms with van der Waals surface area (Å²) in [4.78, 5) is 11.0. The van der Waals surface area contributed by atoms with E-state index in [1.54, 1.807) is 24.3 Å². The van der Waals surface area contributed by atoms with E-state index in [9.17, 15) is 18.3 Å². The number of carbonyl (C=O) groups is 1. The molecule has 0 saturated carbocycles. The van der Waals surface area contributed by atoms with Gasteiger partial charge in [-0.05, 0) is 69.0 Å². The van der Waals surface area contributed by atoms with Crippen LogP contribution in [0.3, 0.4) is 0 Å². The SMILES string of the molecule is CC(C)(CCc1ccc(C(N)=O)cc1)NC[C@H](O)c1ccccc1.Cc1ccc(S(=O)(=O)O)cc1. The second-order valence-corrected chi connectivity index (χ2v) is 10.5. The number of rotatable bonds is 9. The fourth-order valence-corrected chi connectivity index (χ4v) is 3.74. The Kier molecular flexibility index (Phi) is 10.2. The zero-order chi connectivity index (χ0) is 26.1. The molecule has 0 aromatic heterocycles. The van der Waals surface area contributed by atoms with Gasteiger partial charge in [0.15, 0.2) is 0 Å². The van der Waals surface area contributed by atoms with Crippen molar-refractivity contribution in [1.29, 1.82) is 0 Å². The van der Waals surface area contributed by atoms with Gasteiger partial charge < -0.3 is 16.2 Å². The van der Waals surface area contributed by atoms with Gasteiger partial charge in [0.05, 0.1) is 11.0 Å². The molecule has 1 amide bonds. The van der Waals surface area contributed by atoms with E-state index in [-0.39, 0.29) is 10.4 Å².